The summed E-state index contributed by atoms with van der Waals surface area (Å²) in [4.78, 5) is 35.9. The van der Waals surface area contributed by atoms with Gasteiger partial charge in [0.25, 0.3) is 0 Å². The number of anilines is 1. The summed E-state index contributed by atoms with van der Waals surface area (Å²) in [6.45, 7) is 8.69. The molecular weight excluding hydrogens is 666 g/mol. The summed E-state index contributed by atoms with van der Waals surface area (Å²) in [7, 11) is 0. The Morgan fingerprint density at radius 3 is 2.40 bits per heavy atom. The molecule has 4 aliphatic rings. The van der Waals surface area contributed by atoms with Crippen LogP contribution in [-0.2, 0) is 29.9 Å². The van der Waals surface area contributed by atoms with E-state index in [0.29, 0.717) is 64.5 Å². The van der Waals surface area contributed by atoms with Gasteiger partial charge in [-0.15, -0.1) is 0 Å². The number of ketones is 2. The number of carbonyl (C=O) groups is 2. The number of allylic oxidation sites excluding steroid dienone is 1. The molecule has 1 unspecified atom stereocenters. The molecule has 0 bridgehead atoms. The second-order valence-electron chi connectivity index (χ2n) is 14.6. The van der Waals surface area contributed by atoms with Gasteiger partial charge in [0.15, 0.2) is 17.4 Å². The van der Waals surface area contributed by atoms with Crippen LogP contribution in [0, 0.1) is 24.7 Å². The predicted molar refractivity (Wildman–Crippen MR) is 197 cm³/mol. The molecule has 3 aromatic rings. The molecule has 2 aromatic carbocycles. The van der Waals surface area contributed by atoms with Crippen molar-refractivity contribution >= 4 is 34.5 Å². The topological polar surface area (TPSA) is 115 Å². The minimum atomic E-state index is -0.290. The molecule has 1 atom stereocenters. The van der Waals surface area contributed by atoms with Gasteiger partial charge >= 0.3 is 17.1 Å². The Morgan fingerprint density at radius 2 is 1.74 bits per heavy atom. The van der Waals surface area contributed by atoms with Crippen molar-refractivity contribution in [2.75, 3.05) is 5.73 Å². The Morgan fingerprint density at radius 1 is 0.980 bits per heavy atom. The van der Waals surface area contributed by atoms with Gasteiger partial charge in [-0.2, -0.15) is 25.7 Å². The third-order valence-electron chi connectivity index (χ3n) is 10.1. The van der Waals surface area contributed by atoms with Crippen LogP contribution in [0.3, 0.4) is 0 Å². The number of aliphatic hydroxyl groups is 1. The minimum absolute atomic E-state index is 0. The standard InChI is InChI=1S/C37H40N3O4.C5H9.Fe/c1-20(2)36(21(3)4)44-28-14-22(13-26(17-28)23-7-5-6-8-23)15-32(41)24-9-11-29-30(18-24)35(43)33(34(29)42)31-12-10-25-16-27(38)19-39-37(25)40-31;1-2-4-5-3-1;/h5,9,11,13-14,16-21,23,36,43H,6-8,10,12,15,38H2,1-4H3;1H,2-5H2;/q2*-1;+2. The van der Waals surface area contributed by atoms with Gasteiger partial charge in [-0.05, 0) is 77.6 Å². The number of aryl methyl sites for hydroxylation is 1. The van der Waals surface area contributed by atoms with Crippen molar-refractivity contribution in [2.24, 2.45) is 16.8 Å². The Balaban J connectivity index is 0.000000745. The second kappa shape index (κ2) is 16.5. The number of aliphatic imine (C=N–C) groups is 1. The summed E-state index contributed by atoms with van der Waals surface area (Å²) in [6.07, 6.45) is 16.5. The number of nitrogens with two attached hydrogens (primary N) is 1. The number of nitrogen functional groups attached to an aromatic ring is 1. The zero-order valence-electron chi connectivity index (χ0n) is 29.7. The number of nitrogens with zero attached hydrogens (tertiary/aromatic N) is 2. The van der Waals surface area contributed by atoms with E-state index >= 15 is 0 Å². The van der Waals surface area contributed by atoms with Crippen LogP contribution in [0.5, 0.6) is 5.75 Å². The number of benzene rings is 2. The van der Waals surface area contributed by atoms with Gasteiger partial charge in [0.05, 0.1) is 23.2 Å². The van der Waals surface area contributed by atoms with Crippen molar-refractivity contribution in [3.63, 3.8) is 0 Å². The number of Topliss-reactive ketones (excluding diaryl/α,β-unsaturated/α-hetero) is 2. The van der Waals surface area contributed by atoms with Crippen LogP contribution in [0.15, 0.2) is 59.2 Å². The van der Waals surface area contributed by atoms with E-state index in [2.05, 4.69) is 62.6 Å². The average molecular weight is 716 g/mol. The number of carbonyl (C=O) groups excluding carboxylic acids is 2. The number of aliphatic hydroxyl groups excluding tert-OH is 1. The van der Waals surface area contributed by atoms with Gasteiger partial charge in [0, 0.05) is 23.1 Å². The Hall–Kier alpha value is -3.74. The van der Waals surface area contributed by atoms with Gasteiger partial charge in [-0.3, -0.25) is 9.59 Å². The van der Waals surface area contributed by atoms with Crippen molar-refractivity contribution in [2.45, 2.75) is 104 Å². The summed E-state index contributed by atoms with van der Waals surface area (Å²) in [5.41, 5.74) is 11.3. The Kier molecular flexibility index (Phi) is 12.4. The first-order chi connectivity index (χ1) is 23.6. The maximum Gasteiger partial charge on any atom is 2.00 e. The average Bonchev–Trinajstić information content (AvgIpc) is 3.88. The number of rotatable bonds is 9. The molecule has 0 spiro atoms. The van der Waals surface area contributed by atoms with E-state index in [-0.39, 0.29) is 52.5 Å². The number of hydrogen-bond acceptors (Lipinski definition) is 7. The monoisotopic (exact) mass is 715 g/mol. The van der Waals surface area contributed by atoms with E-state index in [1.165, 1.54) is 37.4 Å². The SMILES string of the molecule is CC(C)C(Oc1cc(CC(=O)c2ccc3c(c2)C(O)=C(C2=Nc4ncc(N)cc4CC2)C3=O)cc(C2C[CH-]CC2)c1)C(C)C.[CH-]1CCCC1.[Fe+2]. The molecule has 8 heteroatoms. The van der Waals surface area contributed by atoms with E-state index < -0.39 is 0 Å². The van der Waals surface area contributed by atoms with Crippen LogP contribution in [0.2, 0.25) is 0 Å². The van der Waals surface area contributed by atoms with Crippen molar-refractivity contribution in [3.05, 3.63) is 100 Å². The summed E-state index contributed by atoms with van der Waals surface area (Å²) in [5.74, 6) is 1.94. The first-order valence-electron chi connectivity index (χ1n) is 18.0. The number of fused-ring (bicyclic) bond motifs is 2. The zero-order chi connectivity index (χ0) is 34.7. The summed E-state index contributed by atoms with van der Waals surface area (Å²) in [5, 5.41) is 11.2. The van der Waals surface area contributed by atoms with Gasteiger partial charge in [-0.1, -0.05) is 59.1 Å². The summed E-state index contributed by atoms with van der Waals surface area (Å²) in [6, 6.07) is 13.1. The fraction of sp³-hybridized carbons (Fsp3) is 0.429. The molecule has 7 rings (SSSR count). The van der Waals surface area contributed by atoms with Crippen LogP contribution in [0.25, 0.3) is 5.76 Å². The van der Waals surface area contributed by atoms with Crippen LogP contribution >= 0.6 is 0 Å². The van der Waals surface area contributed by atoms with E-state index in [1.807, 2.05) is 12.1 Å². The van der Waals surface area contributed by atoms with E-state index in [1.54, 1.807) is 18.2 Å². The first-order valence-corrected chi connectivity index (χ1v) is 18.0. The molecule has 7 nitrogen and oxygen atoms in total. The number of hydrogen-bond donors (Lipinski definition) is 2. The zero-order valence-corrected chi connectivity index (χ0v) is 30.8. The molecule has 0 radical (unpaired) electrons. The Bertz CT molecular complexity index is 1770. The fourth-order valence-electron chi connectivity index (χ4n) is 7.54. The van der Waals surface area contributed by atoms with Crippen molar-refractivity contribution in [1.82, 2.24) is 4.98 Å². The fourth-order valence-corrected chi connectivity index (χ4v) is 7.54. The molecule has 0 saturated heterocycles. The summed E-state index contributed by atoms with van der Waals surface area (Å²) < 4.78 is 6.53. The van der Waals surface area contributed by atoms with Crippen LogP contribution in [0.1, 0.15) is 128 Å². The molecule has 264 valence electrons. The minimum Gasteiger partial charge on any atom is -0.506 e. The van der Waals surface area contributed by atoms with Gasteiger partial charge in [0.2, 0.25) is 0 Å². The third-order valence-corrected chi connectivity index (χ3v) is 10.1. The molecular formula is C42H49FeN3O4. The van der Waals surface area contributed by atoms with Crippen LogP contribution < -0.4 is 10.5 Å². The summed E-state index contributed by atoms with van der Waals surface area (Å²) >= 11 is 0. The predicted octanol–water partition coefficient (Wildman–Crippen LogP) is 9.57. The third kappa shape index (κ3) is 8.41. The van der Waals surface area contributed by atoms with E-state index in [0.717, 1.165) is 36.1 Å². The van der Waals surface area contributed by atoms with E-state index in [9.17, 15) is 14.7 Å². The molecule has 3 aliphatic carbocycles. The maximum atomic E-state index is 13.7. The molecule has 0 amide bonds. The maximum absolute atomic E-state index is 13.7. The van der Waals surface area contributed by atoms with E-state index in [4.69, 9.17) is 10.5 Å². The molecule has 2 heterocycles. The molecule has 1 aromatic heterocycles. The normalized spacial score (nSPS) is 18.1. The van der Waals surface area contributed by atoms with Crippen molar-refractivity contribution in [3.8, 4) is 5.75 Å². The number of pyridine rings is 1. The molecule has 3 N–H and O–H groups in total. The molecule has 1 aliphatic heterocycles. The van der Waals surface area contributed by atoms with Gasteiger partial charge < -0.3 is 28.4 Å². The smallest absolute Gasteiger partial charge is 0.506 e. The number of aromatic nitrogens is 1. The Labute approximate surface area is 307 Å². The van der Waals surface area contributed by atoms with Crippen LogP contribution in [-0.4, -0.2) is 33.5 Å². The van der Waals surface area contributed by atoms with Gasteiger partial charge in [0.1, 0.15) is 17.6 Å². The largest absolute Gasteiger partial charge is 2.00 e. The molecule has 2 saturated carbocycles. The number of ether oxygens (including phenoxy) is 1. The molecule has 2 fully saturated rings. The first kappa shape index (κ1) is 37.5. The van der Waals surface area contributed by atoms with Crippen molar-refractivity contribution < 1.29 is 36.5 Å². The quantitative estimate of drug-likeness (QED) is 0.130. The van der Waals surface area contributed by atoms with Crippen LogP contribution in [0.4, 0.5) is 11.5 Å². The second-order valence-corrected chi connectivity index (χ2v) is 14.6. The molecule has 50 heavy (non-hydrogen) atoms. The van der Waals surface area contributed by atoms with Gasteiger partial charge in [-0.25, -0.2) is 9.98 Å². The van der Waals surface area contributed by atoms with Crippen molar-refractivity contribution in [1.29, 1.82) is 0 Å².